The molecular formula is C25H21F3N5O. The first-order valence-electron chi connectivity index (χ1n) is 10.8. The quantitative estimate of drug-likeness (QED) is 0.557. The molecule has 1 amide bonds. The highest BCUT2D eigenvalue weighted by molar-refractivity contribution is 6.10. The lowest BCUT2D eigenvalue weighted by atomic mass is 9.57. The topological polar surface area (TPSA) is 74.8 Å². The van der Waals surface area contributed by atoms with Gasteiger partial charge in [-0.3, -0.25) is 4.79 Å². The van der Waals surface area contributed by atoms with Crippen LogP contribution in [0, 0.1) is 24.2 Å². The first kappa shape index (κ1) is 22.1. The van der Waals surface area contributed by atoms with Gasteiger partial charge in [0.2, 0.25) is 0 Å². The summed E-state index contributed by atoms with van der Waals surface area (Å²) in [7, 11) is 1.86. The fourth-order valence-corrected chi connectivity index (χ4v) is 5.36. The Labute approximate surface area is 194 Å². The summed E-state index contributed by atoms with van der Waals surface area (Å²) in [6, 6.07) is 11.9. The predicted molar refractivity (Wildman–Crippen MR) is 118 cm³/mol. The maximum absolute atomic E-state index is 13.7. The molecule has 1 aromatic heterocycles. The SMILES string of the molecule is [CH2]c1cc2c(c(C(F)(F)F)c1)CN(c1cccc(C3(c4nncn4C)CC(CC#N)C3)c1)C2=O. The molecule has 1 aliphatic heterocycles. The van der Waals surface area contributed by atoms with Gasteiger partial charge in [0, 0.05) is 24.7 Å². The Morgan fingerprint density at radius 1 is 1.26 bits per heavy atom. The zero-order valence-electron chi connectivity index (χ0n) is 18.4. The zero-order valence-corrected chi connectivity index (χ0v) is 18.4. The lowest BCUT2D eigenvalue weighted by molar-refractivity contribution is -0.138. The monoisotopic (exact) mass is 464 g/mol. The van der Waals surface area contributed by atoms with Crippen LogP contribution >= 0.6 is 0 Å². The van der Waals surface area contributed by atoms with Gasteiger partial charge in [0.15, 0.2) is 0 Å². The fraction of sp³-hybridized carbons (Fsp3) is 0.320. The van der Waals surface area contributed by atoms with Crippen molar-refractivity contribution in [3.8, 4) is 6.07 Å². The fourth-order valence-electron chi connectivity index (χ4n) is 5.36. The third-order valence-electron chi connectivity index (χ3n) is 6.91. The van der Waals surface area contributed by atoms with Crippen LogP contribution in [0.25, 0.3) is 0 Å². The van der Waals surface area contributed by atoms with E-state index in [1.165, 1.54) is 11.0 Å². The molecule has 6 nitrogen and oxygen atoms in total. The van der Waals surface area contributed by atoms with Gasteiger partial charge in [0.25, 0.3) is 5.91 Å². The van der Waals surface area contributed by atoms with Crippen molar-refractivity contribution < 1.29 is 18.0 Å². The summed E-state index contributed by atoms with van der Waals surface area (Å²) in [4.78, 5) is 14.5. The van der Waals surface area contributed by atoms with Crippen LogP contribution in [-0.4, -0.2) is 20.7 Å². The minimum absolute atomic E-state index is 0.0314. The number of anilines is 1. The number of halogens is 3. The summed E-state index contributed by atoms with van der Waals surface area (Å²) in [5, 5.41) is 17.5. The highest BCUT2D eigenvalue weighted by Gasteiger charge is 2.50. The van der Waals surface area contributed by atoms with Crippen LogP contribution in [0.15, 0.2) is 42.7 Å². The lowest BCUT2D eigenvalue weighted by Gasteiger charge is -2.46. The maximum Gasteiger partial charge on any atom is 0.416 e. The number of aromatic nitrogens is 3. The van der Waals surface area contributed by atoms with Gasteiger partial charge in [-0.05, 0) is 66.6 Å². The van der Waals surface area contributed by atoms with Crippen molar-refractivity contribution in [2.45, 2.75) is 37.4 Å². The Morgan fingerprint density at radius 2 is 2.03 bits per heavy atom. The molecule has 1 radical (unpaired) electrons. The van der Waals surface area contributed by atoms with Crippen molar-refractivity contribution in [3.05, 3.63) is 83.3 Å². The number of hydrogen-bond donors (Lipinski definition) is 0. The average molecular weight is 464 g/mol. The number of nitriles is 1. The Hall–Kier alpha value is -3.67. The second-order valence-corrected chi connectivity index (χ2v) is 9.09. The molecule has 0 N–H and O–H groups in total. The first-order valence-corrected chi connectivity index (χ1v) is 10.8. The van der Waals surface area contributed by atoms with E-state index < -0.39 is 23.1 Å². The number of benzene rings is 2. The van der Waals surface area contributed by atoms with Gasteiger partial charge in [-0.2, -0.15) is 18.4 Å². The number of nitrogens with zero attached hydrogens (tertiary/aromatic N) is 5. The van der Waals surface area contributed by atoms with E-state index in [-0.39, 0.29) is 29.2 Å². The van der Waals surface area contributed by atoms with Gasteiger partial charge in [-0.1, -0.05) is 12.1 Å². The molecule has 2 aromatic carbocycles. The van der Waals surface area contributed by atoms with E-state index in [9.17, 15) is 18.0 Å². The molecule has 0 spiro atoms. The molecule has 1 saturated carbocycles. The second-order valence-electron chi connectivity index (χ2n) is 9.09. The van der Waals surface area contributed by atoms with Gasteiger partial charge in [0.1, 0.15) is 12.2 Å². The standard InChI is InChI=1S/C25H21F3N5O/c1-15-8-19-20(21(9-15)25(26,27)28)13-33(22(19)34)18-5-3-4-17(10-18)24(11-16(12-24)6-7-29)23-31-30-14-32(23)2/h3-5,8-10,14,16H,1,6,11-13H2,2H3. The molecule has 173 valence electrons. The Balaban J connectivity index is 1.54. The van der Waals surface area contributed by atoms with Crippen LogP contribution in [0.3, 0.4) is 0 Å². The summed E-state index contributed by atoms with van der Waals surface area (Å²) >= 11 is 0. The first-order chi connectivity index (χ1) is 16.1. The third-order valence-corrected chi connectivity index (χ3v) is 6.91. The Kier molecular flexibility index (Phi) is 5.01. The number of aryl methyl sites for hydroxylation is 1. The van der Waals surface area contributed by atoms with Crippen molar-refractivity contribution in [3.63, 3.8) is 0 Å². The van der Waals surface area contributed by atoms with E-state index in [2.05, 4.69) is 23.2 Å². The number of carbonyl (C=O) groups is 1. The maximum atomic E-state index is 13.7. The van der Waals surface area contributed by atoms with Crippen LogP contribution in [0.5, 0.6) is 0 Å². The minimum atomic E-state index is -4.58. The summed E-state index contributed by atoms with van der Waals surface area (Å²) in [5.74, 6) is 0.496. The largest absolute Gasteiger partial charge is 0.416 e. The molecule has 1 aliphatic carbocycles. The van der Waals surface area contributed by atoms with E-state index in [4.69, 9.17) is 5.26 Å². The molecule has 5 rings (SSSR count). The summed E-state index contributed by atoms with van der Waals surface area (Å²) in [5.41, 5.74) is 0.263. The van der Waals surface area contributed by atoms with E-state index in [0.29, 0.717) is 24.9 Å². The molecule has 0 bridgehead atoms. The number of alkyl halides is 3. The van der Waals surface area contributed by atoms with Gasteiger partial charge >= 0.3 is 6.18 Å². The molecule has 3 aromatic rings. The molecule has 0 atom stereocenters. The molecule has 0 unspecified atom stereocenters. The third kappa shape index (κ3) is 3.36. The Morgan fingerprint density at radius 3 is 2.68 bits per heavy atom. The van der Waals surface area contributed by atoms with Crippen molar-refractivity contribution >= 4 is 11.6 Å². The summed E-state index contributed by atoms with van der Waals surface area (Å²) in [6.07, 6.45) is -1.12. The van der Waals surface area contributed by atoms with Crippen LogP contribution in [-0.2, 0) is 25.2 Å². The van der Waals surface area contributed by atoms with Crippen molar-refractivity contribution in [2.75, 3.05) is 4.90 Å². The molecule has 9 heteroatoms. The van der Waals surface area contributed by atoms with Crippen molar-refractivity contribution in [1.29, 1.82) is 5.26 Å². The summed E-state index contributed by atoms with van der Waals surface area (Å²) < 4.78 is 42.8. The predicted octanol–water partition coefficient (Wildman–Crippen LogP) is 4.79. The zero-order chi connectivity index (χ0) is 24.3. The molecule has 2 heterocycles. The van der Waals surface area contributed by atoms with Gasteiger partial charge in [-0.15, -0.1) is 10.2 Å². The van der Waals surface area contributed by atoms with E-state index in [1.807, 2.05) is 23.7 Å². The van der Waals surface area contributed by atoms with Crippen LogP contribution in [0.2, 0.25) is 0 Å². The summed E-state index contributed by atoms with van der Waals surface area (Å²) in [6.45, 7) is 3.45. The lowest BCUT2D eigenvalue weighted by Crippen LogP contribution is -2.44. The second kappa shape index (κ2) is 7.69. The minimum Gasteiger partial charge on any atom is -0.320 e. The number of fused-ring (bicyclic) bond motifs is 1. The normalized spacial score (nSPS) is 21.8. The van der Waals surface area contributed by atoms with Crippen LogP contribution in [0.1, 0.15) is 57.7 Å². The van der Waals surface area contributed by atoms with E-state index in [0.717, 1.165) is 17.5 Å². The highest BCUT2D eigenvalue weighted by atomic mass is 19.4. The van der Waals surface area contributed by atoms with Gasteiger partial charge in [0.05, 0.1) is 23.6 Å². The van der Waals surface area contributed by atoms with Crippen LogP contribution in [0.4, 0.5) is 18.9 Å². The Bertz CT molecular complexity index is 1330. The van der Waals surface area contributed by atoms with Gasteiger partial charge < -0.3 is 9.47 Å². The van der Waals surface area contributed by atoms with Crippen LogP contribution < -0.4 is 4.90 Å². The van der Waals surface area contributed by atoms with Crippen molar-refractivity contribution in [2.24, 2.45) is 13.0 Å². The number of hydrogen-bond acceptors (Lipinski definition) is 4. The molecule has 34 heavy (non-hydrogen) atoms. The molecule has 2 aliphatic rings. The molecule has 0 saturated heterocycles. The molecule has 1 fully saturated rings. The number of rotatable bonds is 4. The van der Waals surface area contributed by atoms with E-state index in [1.54, 1.807) is 18.5 Å². The number of carbonyl (C=O) groups excluding carboxylic acids is 1. The average Bonchev–Trinajstić information content (AvgIpc) is 3.33. The number of amides is 1. The smallest absolute Gasteiger partial charge is 0.320 e. The highest BCUT2D eigenvalue weighted by Crippen LogP contribution is 2.53. The van der Waals surface area contributed by atoms with Crippen molar-refractivity contribution in [1.82, 2.24) is 14.8 Å². The molecular weight excluding hydrogens is 443 g/mol. The van der Waals surface area contributed by atoms with Gasteiger partial charge in [-0.25, -0.2) is 0 Å². The van der Waals surface area contributed by atoms with E-state index >= 15 is 0 Å².